The lowest BCUT2D eigenvalue weighted by atomic mass is 10.1. The van der Waals surface area contributed by atoms with Crippen molar-refractivity contribution in [2.24, 2.45) is 0 Å². The molecule has 0 bridgehead atoms. The molecule has 0 radical (unpaired) electrons. The number of carbonyl (C=O) groups excluding carboxylic acids is 1. The van der Waals surface area contributed by atoms with Crippen LogP contribution < -0.4 is 10.0 Å². The normalized spacial score (nSPS) is 12.6. The van der Waals surface area contributed by atoms with Crippen LogP contribution in [0.4, 0.5) is 5.69 Å². The van der Waals surface area contributed by atoms with Gasteiger partial charge in [0.1, 0.15) is 0 Å². The Hall–Kier alpha value is -2.03. The summed E-state index contributed by atoms with van der Waals surface area (Å²) in [5.74, 6) is 0.289. The van der Waals surface area contributed by atoms with E-state index in [2.05, 4.69) is 36.4 Å². The standard InChI is InChI=1S/C22H31N3O3S2/c1-16-13-21(30(27,28)24-18(3)26)14-17(2)22(16)23-19(11-12-25(4)5)15-29-20-9-7-6-8-10-20/h6-10,13-14,19,23H,11-12,15H2,1-5H3,(H,24,26). The average molecular weight is 450 g/mol. The Kier molecular flexibility index (Phi) is 8.76. The van der Waals surface area contributed by atoms with E-state index in [0.717, 1.165) is 35.5 Å². The Morgan fingerprint density at radius 3 is 2.23 bits per heavy atom. The molecule has 164 valence electrons. The molecule has 2 N–H and O–H groups in total. The van der Waals surface area contributed by atoms with Gasteiger partial charge in [0.15, 0.2) is 0 Å². The van der Waals surface area contributed by atoms with Crippen LogP contribution in [-0.2, 0) is 14.8 Å². The molecule has 0 aliphatic carbocycles. The van der Waals surface area contributed by atoms with Gasteiger partial charge in [0.05, 0.1) is 4.90 Å². The zero-order chi connectivity index (χ0) is 22.3. The molecular formula is C22H31N3O3S2. The zero-order valence-electron chi connectivity index (χ0n) is 18.2. The molecule has 0 saturated heterocycles. The summed E-state index contributed by atoms with van der Waals surface area (Å²) in [6.07, 6.45) is 0.956. The quantitative estimate of drug-likeness (QED) is 0.539. The van der Waals surface area contributed by atoms with Crippen LogP contribution in [0.25, 0.3) is 0 Å². The number of sulfonamides is 1. The van der Waals surface area contributed by atoms with Crippen molar-refractivity contribution in [3.63, 3.8) is 0 Å². The maximum Gasteiger partial charge on any atom is 0.264 e. The lowest BCUT2D eigenvalue weighted by molar-refractivity contribution is -0.117. The van der Waals surface area contributed by atoms with Gasteiger partial charge in [-0.25, -0.2) is 13.1 Å². The Labute approximate surface area is 184 Å². The first-order valence-electron chi connectivity index (χ1n) is 9.82. The second kappa shape index (κ2) is 10.8. The Morgan fingerprint density at radius 1 is 1.10 bits per heavy atom. The number of amides is 1. The fourth-order valence-corrected chi connectivity index (χ4v) is 5.24. The van der Waals surface area contributed by atoms with E-state index in [1.807, 2.05) is 36.8 Å². The lowest BCUT2D eigenvalue weighted by Crippen LogP contribution is -2.29. The van der Waals surface area contributed by atoms with Gasteiger partial charge in [-0.1, -0.05) is 18.2 Å². The average Bonchev–Trinajstić information content (AvgIpc) is 2.65. The van der Waals surface area contributed by atoms with E-state index in [1.165, 1.54) is 11.8 Å². The van der Waals surface area contributed by atoms with Crippen molar-refractivity contribution in [3.05, 3.63) is 53.6 Å². The fourth-order valence-electron chi connectivity index (χ4n) is 3.08. The van der Waals surface area contributed by atoms with Gasteiger partial charge in [-0.2, -0.15) is 0 Å². The predicted octanol–water partition coefficient (Wildman–Crippen LogP) is 3.65. The van der Waals surface area contributed by atoms with Gasteiger partial charge in [0.25, 0.3) is 10.0 Å². The highest BCUT2D eigenvalue weighted by Gasteiger charge is 2.19. The van der Waals surface area contributed by atoms with E-state index in [-0.39, 0.29) is 10.9 Å². The summed E-state index contributed by atoms with van der Waals surface area (Å²) in [5, 5.41) is 3.63. The van der Waals surface area contributed by atoms with E-state index < -0.39 is 15.9 Å². The summed E-state index contributed by atoms with van der Waals surface area (Å²) < 4.78 is 26.7. The van der Waals surface area contributed by atoms with Crippen LogP contribution in [0.1, 0.15) is 24.5 Å². The predicted molar refractivity (Wildman–Crippen MR) is 125 cm³/mol. The minimum atomic E-state index is -3.86. The molecule has 0 spiro atoms. The monoisotopic (exact) mass is 449 g/mol. The summed E-state index contributed by atoms with van der Waals surface area (Å²) in [7, 11) is 0.255. The summed E-state index contributed by atoms with van der Waals surface area (Å²) >= 11 is 1.80. The maximum absolute atomic E-state index is 12.4. The van der Waals surface area contributed by atoms with Crippen molar-refractivity contribution in [2.75, 3.05) is 31.7 Å². The van der Waals surface area contributed by atoms with Crippen LogP contribution >= 0.6 is 11.8 Å². The minimum absolute atomic E-state index is 0.0988. The molecule has 0 aliphatic heterocycles. The summed E-state index contributed by atoms with van der Waals surface area (Å²) in [6, 6.07) is 13.7. The molecule has 0 saturated carbocycles. The number of rotatable bonds is 10. The number of hydrogen-bond acceptors (Lipinski definition) is 6. The highest BCUT2D eigenvalue weighted by Crippen LogP contribution is 2.27. The van der Waals surface area contributed by atoms with Gasteiger partial charge in [0, 0.05) is 29.3 Å². The summed E-state index contributed by atoms with van der Waals surface area (Å²) in [5.41, 5.74) is 2.60. The van der Waals surface area contributed by atoms with Crippen LogP contribution in [-0.4, -0.2) is 51.7 Å². The zero-order valence-corrected chi connectivity index (χ0v) is 19.9. The van der Waals surface area contributed by atoms with Crippen molar-refractivity contribution < 1.29 is 13.2 Å². The summed E-state index contributed by atoms with van der Waals surface area (Å²) in [4.78, 5) is 14.7. The van der Waals surface area contributed by atoms with E-state index in [0.29, 0.717) is 0 Å². The van der Waals surface area contributed by atoms with E-state index in [4.69, 9.17) is 0 Å². The number of anilines is 1. The number of carbonyl (C=O) groups is 1. The lowest BCUT2D eigenvalue weighted by Gasteiger charge is -2.24. The van der Waals surface area contributed by atoms with Gasteiger partial charge in [0.2, 0.25) is 5.91 Å². The fraction of sp³-hybridized carbons (Fsp3) is 0.409. The third-order valence-electron chi connectivity index (χ3n) is 4.56. The molecule has 0 heterocycles. The topological polar surface area (TPSA) is 78.5 Å². The van der Waals surface area contributed by atoms with Crippen molar-refractivity contribution in [2.45, 2.75) is 43.0 Å². The van der Waals surface area contributed by atoms with Crippen molar-refractivity contribution >= 4 is 33.4 Å². The second-order valence-electron chi connectivity index (χ2n) is 7.65. The van der Waals surface area contributed by atoms with Crippen LogP contribution in [0.15, 0.2) is 52.3 Å². The highest BCUT2D eigenvalue weighted by atomic mass is 32.2. The highest BCUT2D eigenvalue weighted by molar-refractivity contribution is 7.99. The molecule has 2 rings (SSSR count). The van der Waals surface area contributed by atoms with E-state index >= 15 is 0 Å². The molecule has 0 fully saturated rings. The maximum atomic E-state index is 12.4. The molecule has 6 nitrogen and oxygen atoms in total. The Bertz CT molecular complexity index is 938. The number of benzene rings is 2. The number of nitrogens with zero attached hydrogens (tertiary/aromatic N) is 1. The second-order valence-corrected chi connectivity index (χ2v) is 10.4. The number of thioether (sulfide) groups is 1. The first-order chi connectivity index (χ1) is 14.1. The Balaban J connectivity index is 2.22. The molecule has 2 aromatic carbocycles. The number of hydrogen-bond donors (Lipinski definition) is 2. The van der Waals surface area contributed by atoms with Crippen molar-refractivity contribution in [3.8, 4) is 0 Å². The molecule has 2 aromatic rings. The SMILES string of the molecule is CC(=O)NS(=O)(=O)c1cc(C)c(NC(CCN(C)C)CSc2ccccc2)c(C)c1. The first kappa shape index (κ1) is 24.2. The van der Waals surface area contributed by atoms with Crippen molar-refractivity contribution in [1.29, 1.82) is 0 Å². The first-order valence-corrected chi connectivity index (χ1v) is 12.3. The van der Waals surface area contributed by atoms with Crippen LogP contribution in [0.5, 0.6) is 0 Å². The summed E-state index contributed by atoms with van der Waals surface area (Å²) in [6.45, 7) is 5.90. The van der Waals surface area contributed by atoms with Gasteiger partial charge in [-0.3, -0.25) is 4.79 Å². The minimum Gasteiger partial charge on any atom is -0.381 e. The Morgan fingerprint density at radius 2 is 1.70 bits per heavy atom. The molecular weight excluding hydrogens is 418 g/mol. The molecule has 0 aliphatic rings. The molecule has 1 unspecified atom stereocenters. The van der Waals surface area contributed by atoms with E-state index in [9.17, 15) is 13.2 Å². The van der Waals surface area contributed by atoms with Gasteiger partial charge >= 0.3 is 0 Å². The molecule has 8 heteroatoms. The largest absolute Gasteiger partial charge is 0.381 e. The molecule has 1 amide bonds. The van der Waals surface area contributed by atoms with Crippen LogP contribution in [0.3, 0.4) is 0 Å². The van der Waals surface area contributed by atoms with Crippen LogP contribution in [0.2, 0.25) is 0 Å². The number of nitrogens with one attached hydrogen (secondary N) is 2. The van der Waals surface area contributed by atoms with Crippen LogP contribution in [0, 0.1) is 13.8 Å². The van der Waals surface area contributed by atoms with Crippen molar-refractivity contribution in [1.82, 2.24) is 9.62 Å². The smallest absolute Gasteiger partial charge is 0.264 e. The van der Waals surface area contributed by atoms with E-state index in [1.54, 1.807) is 23.9 Å². The molecule has 30 heavy (non-hydrogen) atoms. The molecule has 0 aromatic heterocycles. The molecule has 1 atom stereocenters. The third kappa shape index (κ3) is 7.34. The van der Waals surface area contributed by atoms with Gasteiger partial charge in [-0.15, -0.1) is 11.8 Å². The van der Waals surface area contributed by atoms with Gasteiger partial charge in [-0.05, 0) is 76.3 Å². The number of aryl methyl sites for hydroxylation is 2. The van der Waals surface area contributed by atoms with Gasteiger partial charge < -0.3 is 10.2 Å². The third-order valence-corrected chi connectivity index (χ3v) is 7.15.